The third-order valence-electron chi connectivity index (χ3n) is 6.13. The van der Waals surface area contributed by atoms with E-state index in [1.165, 1.54) is 11.3 Å². The molecule has 2 aromatic carbocycles. The number of rotatable bonds is 9. The molecule has 0 N–H and O–H groups in total. The first-order valence-corrected chi connectivity index (χ1v) is 13.4. The van der Waals surface area contributed by atoms with Crippen molar-refractivity contribution in [2.75, 3.05) is 26.9 Å². The molecule has 4 rings (SSSR count). The molecule has 0 spiro atoms. The third kappa shape index (κ3) is 5.24. The fourth-order valence-electron chi connectivity index (χ4n) is 4.42. The molecule has 1 aromatic heterocycles. The van der Waals surface area contributed by atoms with E-state index in [0.29, 0.717) is 50.9 Å². The largest absolute Gasteiger partial charge is 0.496 e. The standard InChI is InChI=1S/C29H32N2O6S/c1-7-35-21-13-12-20(16-23(21)36-8-2)26-25(28(33)37-9-3)18(5)30-29-31(26)27(32)24(38-29)15-19-11-10-17(4)22(14-19)34-6/h10-16,26H,7-9H2,1-6H3/b24-15-/t26-/m1/s1. The van der Waals surface area contributed by atoms with Crippen LogP contribution in [0.25, 0.3) is 6.08 Å². The molecule has 0 fully saturated rings. The second kappa shape index (κ2) is 11.7. The number of hydrogen-bond acceptors (Lipinski definition) is 8. The summed E-state index contributed by atoms with van der Waals surface area (Å²) < 4.78 is 24.5. The number of esters is 1. The van der Waals surface area contributed by atoms with Gasteiger partial charge in [0.1, 0.15) is 5.75 Å². The first-order valence-electron chi connectivity index (χ1n) is 12.6. The van der Waals surface area contributed by atoms with Crippen LogP contribution in [0.4, 0.5) is 0 Å². The van der Waals surface area contributed by atoms with Crippen molar-refractivity contribution < 1.29 is 23.7 Å². The second-order valence-electron chi connectivity index (χ2n) is 8.60. The molecule has 0 saturated heterocycles. The molecule has 1 aliphatic heterocycles. The van der Waals surface area contributed by atoms with E-state index in [4.69, 9.17) is 18.9 Å². The van der Waals surface area contributed by atoms with Crippen molar-refractivity contribution in [3.05, 3.63) is 84.0 Å². The number of aromatic nitrogens is 1. The van der Waals surface area contributed by atoms with Crippen molar-refractivity contribution >= 4 is 23.4 Å². The lowest BCUT2D eigenvalue weighted by molar-refractivity contribution is -0.139. The zero-order valence-electron chi connectivity index (χ0n) is 22.5. The van der Waals surface area contributed by atoms with Gasteiger partial charge in [-0.1, -0.05) is 29.5 Å². The topological polar surface area (TPSA) is 88.4 Å². The number of aryl methyl sites for hydroxylation is 1. The molecule has 0 aliphatic carbocycles. The van der Waals surface area contributed by atoms with Gasteiger partial charge < -0.3 is 18.9 Å². The zero-order chi connectivity index (χ0) is 27.4. The van der Waals surface area contributed by atoms with E-state index in [0.717, 1.165) is 16.9 Å². The molecule has 1 atom stereocenters. The van der Waals surface area contributed by atoms with Gasteiger partial charge in [-0.2, -0.15) is 0 Å². The fraction of sp³-hybridized carbons (Fsp3) is 0.345. The summed E-state index contributed by atoms with van der Waals surface area (Å²) in [5.41, 5.74) is 3.09. The van der Waals surface area contributed by atoms with Crippen molar-refractivity contribution in [3.63, 3.8) is 0 Å². The quantitative estimate of drug-likeness (QED) is 0.386. The number of ether oxygens (including phenoxy) is 4. The van der Waals surface area contributed by atoms with E-state index in [1.54, 1.807) is 31.6 Å². The van der Waals surface area contributed by atoms with Crippen LogP contribution in [-0.4, -0.2) is 37.5 Å². The van der Waals surface area contributed by atoms with Crippen LogP contribution in [0.1, 0.15) is 50.4 Å². The smallest absolute Gasteiger partial charge is 0.338 e. The maximum atomic E-state index is 13.9. The van der Waals surface area contributed by atoms with Crippen molar-refractivity contribution in [3.8, 4) is 17.2 Å². The summed E-state index contributed by atoms with van der Waals surface area (Å²) in [6.07, 6.45) is 1.82. The van der Waals surface area contributed by atoms with Crippen molar-refractivity contribution in [2.45, 2.75) is 40.7 Å². The van der Waals surface area contributed by atoms with Gasteiger partial charge in [0.05, 0.1) is 48.8 Å². The Kier molecular flexibility index (Phi) is 8.36. The van der Waals surface area contributed by atoms with Gasteiger partial charge in [0.25, 0.3) is 5.56 Å². The van der Waals surface area contributed by atoms with Gasteiger partial charge in [-0.05, 0) is 75.6 Å². The van der Waals surface area contributed by atoms with Gasteiger partial charge in [0, 0.05) is 0 Å². The number of fused-ring (bicyclic) bond motifs is 1. The van der Waals surface area contributed by atoms with Crippen LogP contribution in [0, 0.1) is 6.92 Å². The Labute approximate surface area is 225 Å². The molecule has 0 radical (unpaired) electrons. The number of nitrogens with zero attached hydrogens (tertiary/aromatic N) is 2. The molecule has 0 unspecified atom stereocenters. The summed E-state index contributed by atoms with van der Waals surface area (Å²) in [5.74, 6) is 1.36. The maximum Gasteiger partial charge on any atom is 0.338 e. The lowest BCUT2D eigenvalue weighted by Gasteiger charge is -2.25. The first kappa shape index (κ1) is 27.2. The molecule has 0 bridgehead atoms. The van der Waals surface area contributed by atoms with E-state index < -0.39 is 12.0 Å². The van der Waals surface area contributed by atoms with Crippen molar-refractivity contribution in [1.82, 2.24) is 4.57 Å². The summed E-state index contributed by atoms with van der Waals surface area (Å²) in [4.78, 5) is 32.2. The first-order chi connectivity index (χ1) is 18.3. The Bertz CT molecular complexity index is 1570. The van der Waals surface area contributed by atoms with E-state index in [-0.39, 0.29) is 12.2 Å². The molecule has 1 aliphatic rings. The summed E-state index contributed by atoms with van der Waals surface area (Å²) in [5, 5.41) is 0. The van der Waals surface area contributed by atoms with Crippen molar-refractivity contribution in [2.24, 2.45) is 4.99 Å². The molecule has 2 heterocycles. The number of carbonyl (C=O) groups excluding carboxylic acids is 1. The Morgan fingerprint density at radius 3 is 2.42 bits per heavy atom. The Hall–Kier alpha value is -3.85. The molecule has 0 amide bonds. The molecule has 8 nitrogen and oxygen atoms in total. The van der Waals surface area contributed by atoms with E-state index >= 15 is 0 Å². The van der Waals surface area contributed by atoms with Crippen LogP contribution < -0.4 is 29.1 Å². The van der Waals surface area contributed by atoms with Crippen LogP contribution in [0.5, 0.6) is 17.2 Å². The normalized spacial score (nSPS) is 15.1. The predicted octanol–water partition coefficient (Wildman–Crippen LogP) is 3.91. The number of thiazole rings is 1. The lowest BCUT2D eigenvalue weighted by Crippen LogP contribution is -2.40. The van der Waals surface area contributed by atoms with Crippen LogP contribution in [0.15, 0.2) is 57.5 Å². The van der Waals surface area contributed by atoms with Crippen LogP contribution in [0.3, 0.4) is 0 Å². The average Bonchev–Trinajstić information content (AvgIpc) is 3.19. The van der Waals surface area contributed by atoms with Crippen molar-refractivity contribution in [1.29, 1.82) is 0 Å². The predicted molar refractivity (Wildman–Crippen MR) is 147 cm³/mol. The monoisotopic (exact) mass is 536 g/mol. The highest BCUT2D eigenvalue weighted by Gasteiger charge is 2.34. The van der Waals surface area contributed by atoms with Crippen LogP contribution >= 0.6 is 11.3 Å². The molecule has 9 heteroatoms. The molecule has 200 valence electrons. The molecule has 38 heavy (non-hydrogen) atoms. The third-order valence-corrected chi connectivity index (χ3v) is 7.11. The fourth-order valence-corrected chi connectivity index (χ4v) is 5.47. The maximum absolute atomic E-state index is 13.9. The average molecular weight is 537 g/mol. The van der Waals surface area contributed by atoms with Gasteiger partial charge in [-0.15, -0.1) is 0 Å². The van der Waals surface area contributed by atoms with E-state index in [9.17, 15) is 9.59 Å². The highest BCUT2D eigenvalue weighted by molar-refractivity contribution is 7.07. The SMILES string of the molecule is CCOC(=O)C1=C(C)N=c2s/c(=C\c3ccc(C)c(OC)c3)c(=O)n2[C@@H]1c1ccc(OCC)c(OCC)c1. The van der Waals surface area contributed by atoms with Gasteiger partial charge >= 0.3 is 5.97 Å². The Morgan fingerprint density at radius 2 is 1.74 bits per heavy atom. The molecular formula is C29H32N2O6S. The highest BCUT2D eigenvalue weighted by Crippen LogP contribution is 2.36. The minimum absolute atomic E-state index is 0.204. The molecule has 3 aromatic rings. The number of carbonyl (C=O) groups is 1. The second-order valence-corrected chi connectivity index (χ2v) is 9.61. The van der Waals surface area contributed by atoms with Gasteiger partial charge in [-0.25, -0.2) is 9.79 Å². The van der Waals surface area contributed by atoms with E-state index in [2.05, 4.69) is 4.99 Å². The summed E-state index contributed by atoms with van der Waals surface area (Å²) in [7, 11) is 1.62. The summed E-state index contributed by atoms with van der Waals surface area (Å²) >= 11 is 1.27. The minimum Gasteiger partial charge on any atom is -0.496 e. The van der Waals surface area contributed by atoms with Gasteiger partial charge in [0.15, 0.2) is 16.3 Å². The zero-order valence-corrected chi connectivity index (χ0v) is 23.3. The highest BCUT2D eigenvalue weighted by atomic mass is 32.1. The van der Waals surface area contributed by atoms with Gasteiger partial charge in [-0.3, -0.25) is 9.36 Å². The molecular weight excluding hydrogens is 504 g/mol. The minimum atomic E-state index is -0.741. The Morgan fingerprint density at radius 1 is 1.00 bits per heavy atom. The van der Waals surface area contributed by atoms with Crippen LogP contribution in [0.2, 0.25) is 0 Å². The van der Waals surface area contributed by atoms with Gasteiger partial charge in [0.2, 0.25) is 0 Å². The number of methoxy groups -OCH3 is 1. The lowest BCUT2D eigenvalue weighted by atomic mass is 9.95. The molecule has 0 saturated carbocycles. The summed E-state index contributed by atoms with van der Waals surface area (Å²) in [6, 6.07) is 10.5. The van der Waals surface area contributed by atoms with E-state index in [1.807, 2.05) is 57.2 Å². The number of benzene rings is 2. The van der Waals surface area contributed by atoms with Crippen LogP contribution in [-0.2, 0) is 9.53 Å². The number of hydrogen-bond donors (Lipinski definition) is 0. The Balaban J connectivity index is 1.94. The summed E-state index contributed by atoms with van der Waals surface area (Å²) in [6.45, 7) is 10.4. The number of allylic oxidation sites excluding steroid dienone is 1.